The number of aromatic nitrogens is 14. The molecule has 21 nitrogen and oxygen atoms in total. The number of phenolic OH excluding ortho intramolecular Hbond substituents is 1. The first-order chi connectivity index (χ1) is 66.1. The number of aromatic hydroxyl groups is 1. The Hall–Kier alpha value is -16.2. The van der Waals surface area contributed by atoms with Crippen LogP contribution in [0.2, 0.25) is 5.15 Å². The highest BCUT2D eigenvalue weighted by Crippen LogP contribution is 2.35. The molecule has 0 saturated carbocycles. The summed E-state index contributed by atoms with van der Waals surface area (Å²) in [6.45, 7) is 18.4. The zero-order valence-corrected chi connectivity index (χ0v) is 76.5. The molecule has 0 unspecified atom stereocenters. The van der Waals surface area contributed by atoms with Crippen LogP contribution in [0.4, 0.5) is 0 Å². The third kappa shape index (κ3) is 22.2. The Morgan fingerprint density at radius 1 is 0.319 bits per heavy atom. The Bertz CT molecular complexity index is 7480. The van der Waals surface area contributed by atoms with E-state index in [0.29, 0.717) is 17.7 Å². The lowest BCUT2D eigenvalue weighted by Gasteiger charge is -2.26. The van der Waals surface area contributed by atoms with Gasteiger partial charge < -0.3 is 28.8 Å². The number of fused-ring (bicyclic) bond motifs is 5. The number of ether oxygens (including phenoxy) is 5. The molecule has 1 fully saturated rings. The number of pyridine rings is 7. The Morgan fingerprint density at radius 3 is 1.03 bits per heavy atom. The van der Waals surface area contributed by atoms with E-state index in [1.165, 1.54) is 11.9 Å². The zero-order chi connectivity index (χ0) is 92.4. The lowest BCUT2D eigenvalue weighted by molar-refractivity contribution is 0.0322. The van der Waals surface area contributed by atoms with E-state index in [1.807, 2.05) is 215 Å². The van der Waals surface area contributed by atoms with Crippen molar-refractivity contribution in [1.29, 1.82) is 0 Å². The summed E-state index contributed by atoms with van der Waals surface area (Å²) in [5.41, 5.74) is 28.2. The summed E-state index contributed by atoms with van der Waals surface area (Å²) in [6, 6.07) is 99.6. The minimum atomic E-state index is 0.157. The molecule has 0 amide bonds. The minimum absolute atomic E-state index is 0.157. The number of hydrogen-bond acceptors (Lipinski definition) is 16. The van der Waals surface area contributed by atoms with Crippen molar-refractivity contribution in [2.45, 2.75) is 53.8 Å². The number of halogens is 1. The number of benzene rings is 8. The summed E-state index contributed by atoms with van der Waals surface area (Å²) in [7, 11) is 0. The average molecular weight is 1800 g/mol. The predicted molar refractivity (Wildman–Crippen MR) is 538 cm³/mol. The summed E-state index contributed by atoms with van der Waals surface area (Å²) in [5, 5.41) is 9.83. The summed E-state index contributed by atoms with van der Waals surface area (Å²) in [4.78, 5) is 41.9. The van der Waals surface area contributed by atoms with Crippen LogP contribution >= 0.6 is 11.6 Å². The molecule has 1 aliphatic heterocycles. The van der Waals surface area contributed by atoms with Crippen molar-refractivity contribution in [3.05, 3.63) is 395 Å². The molecular formula is C113H100ClN15O6. The lowest BCUT2D eigenvalue weighted by atomic mass is 10.1. The van der Waals surface area contributed by atoms with Crippen LogP contribution in [0.15, 0.2) is 390 Å². The van der Waals surface area contributed by atoms with Crippen LogP contribution in [-0.4, -0.2) is 135 Å². The Kier molecular flexibility index (Phi) is 28.0. The highest BCUT2D eigenvalue weighted by Gasteiger charge is 2.18. The number of phenols is 1. The van der Waals surface area contributed by atoms with Gasteiger partial charge in [-0.25, -0.2) is 39.9 Å². The van der Waals surface area contributed by atoms with Gasteiger partial charge in [-0.2, -0.15) is 0 Å². The van der Waals surface area contributed by atoms with Gasteiger partial charge in [0, 0.05) is 109 Å². The van der Waals surface area contributed by atoms with E-state index < -0.39 is 0 Å². The van der Waals surface area contributed by atoms with Gasteiger partial charge in [-0.15, -0.1) is 0 Å². The van der Waals surface area contributed by atoms with Crippen LogP contribution < -0.4 is 18.9 Å². The van der Waals surface area contributed by atoms with Gasteiger partial charge in [0.05, 0.1) is 97.2 Å². The third-order valence-electron chi connectivity index (χ3n) is 22.8. The molecule has 22 heteroatoms. The standard InChI is InChI=1S/C26H21ClN4O.C25H25N3O2.C23H22N2O.C20H18N4O.C19H14N2O/c1-17(2)32-22-5-3-18(4-6-22)19-9-12-31-24(16-30-26(31)15-19)21-8-10-28-23(13-21)20-7-11-29-25(27)14-20;1-2-4-21(5-3-1)24-19-26-25-18-22(10-11-28(24)25)20-6-8-23(9-7-20)30-17-14-27-12-15-29-16-13-27;1-17(2)16-26-21-10-8-18(9-11-21)20-12-13-25-22(15-24-23(25)14-20)19-6-4-3-5-7-19;1-14(2)25-18-5-3-15(4-6-18)16-7-8-24-19(12-23-20(24)9-16)17-10-21-13-22-11-17;22-17-8-6-14(7-9-17)16-10-11-21-18(13-20-19(21)12-16)15-4-2-1-3-5-15/h3-17H,1-2H3;1-11,18-19H,12-17H2;3-15,17H,16H2,1-2H3;3-14H,1-2H3;1-13,22H. The van der Waals surface area contributed by atoms with Crippen molar-refractivity contribution in [2.24, 2.45) is 5.92 Å². The van der Waals surface area contributed by atoms with Crippen LogP contribution in [0.3, 0.4) is 0 Å². The molecule has 0 atom stereocenters. The van der Waals surface area contributed by atoms with E-state index >= 15 is 0 Å². The van der Waals surface area contributed by atoms with Gasteiger partial charge in [-0.3, -0.25) is 31.9 Å². The van der Waals surface area contributed by atoms with E-state index in [0.717, 1.165) is 208 Å². The van der Waals surface area contributed by atoms with E-state index in [9.17, 15) is 5.11 Å². The second-order valence-corrected chi connectivity index (χ2v) is 33.8. The smallest absolute Gasteiger partial charge is 0.137 e. The van der Waals surface area contributed by atoms with Crippen molar-refractivity contribution in [2.75, 3.05) is 46.1 Å². The van der Waals surface area contributed by atoms with E-state index in [2.05, 4.69) is 245 Å². The largest absolute Gasteiger partial charge is 0.508 e. The van der Waals surface area contributed by atoms with E-state index in [4.69, 9.17) is 35.3 Å². The van der Waals surface area contributed by atoms with Crippen molar-refractivity contribution in [3.8, 4) is 152 Å². The number of hydrogen-bond donors (Lipinski definition) is 1. The molecule has 1 saturated heterocycles. The number of morpholine rings is 1. The zero-order valence-electron chi connectivity index (χ0n) is 75.7. The Balaban J connectivity index is 0.000000113. The first-order valence-corrected chi connectivity index (χ1v) is 45.5. The van der Waals surface area contributed by atoms with Crippen LogP contribution in [0, 0.1) is 5.92 Å². The number of imidazole rings is 5. The molecule has 1 aliphatic rings. The van der Waals surface area contributed by atoms with Crippen LogP contribution in [-0.2, 0) is 4.74 Å². The monoisotopic (exact) mass is 1800 g/mol. The normalized spacial score (nSPS) is 12.0. The van der Waals surface area contributed by atoms with Crippen LogP contribution in [0.5, 0.6) is 28.7 Å². The van der Waals surface area contributed by atoms with Crippen molar-refractivity contribution in [1.82, 2.24) is 71.8 Å². The number of rotatable bonds is 22. The fourth-order valence-electron chi connectivity index (χ4n) is 16.0. The fraction of sp³-hybridized carbons (Fsp3) is 0.142. The lowest BCUT2D eigenvalue weighted by Crippen LogP contribution is -2.38. The molecule has 0 bridgehead atoms. The molecule has 0 aliphatic carbocycles. The highest BCUT2D eigenvalue weighted by atomic mass is 35.5. The predicted octanol–water partition coefficient (Wildman–Crippen LogP) is 25.3. The van der Waals surface area contributed by atoms with Gasteiger partial charge in [-0.05, 0) is 235 Å². The van der Waals surface area contributed by atoms with Gasteiger partial charge in [0.25, 0.3) is 0 Å². The maximum Gasteiger partial charge on any atom is 0.137 e. The topological polar surface area (TPSA) is 208 Å². The number of nitrogens with zero attached hydrogens (tertiary/aromatic N) is 15. The first-order valence-electron chi connectivity index (χ1n) is 45.1. The molecule has 0 spiro atoms. The second-order valence-electron chi connectivity index (χ2n) is 33.4. The van der Waals surface area contributed by atoms with Gasteiger partial charge >= 0.3 is 0 Å². The highest BCUT2D eigenvalue weighted by molar-refractivity contribution is 6.29. The molecule has 22 rings (SSSR count). The summed E-state index contributed by atoms with van der Waals surface area (Å²) in [6.07, 6.45) is 28.7. The van der Waals surface area contributed by atoms with Crippen molar-refractivity contribution >= 4 is 39.8 Å². The van der Waals surface area contributed by atoms with E-state index in [-0.39, 0.29) is 18.0 Å². The molecule has 8 aromatic carbocycles. The van der Waals surface area contributed by atoms with Crippen LogP contribution in [0.25, 0.3) is 151 Å². The summed E-state index contributed by atoms with van der Waals surface area (Å²) in [5.74, 6) is 4.37. The molecule has 0 radical (unpaired) electrons. The van der Waals surface area contributed by atoms with Gasteiger partial charge in [0.1, 0.15) is 75.1 Å². The van der Waals surface area contributed by atoms with Gasteiger partial charge in [-0.1, -0.05) is 177 Å². The van der Waals surface area contributed by atoms with Crippen LogP contribution in [0.1, 0.15) is 41.5 Å². The van der Waals surface area contributed by atoms with Crippen molar-refractivity contribution < 1.29 is 28.8 Å². The molecule has 1 N–H and O–H groups in total. The average Bonchev–Trinajstić information content (AvgIpc) is 1.67. The van der Waals surface area contributed by atoms with Crippen molar-refractivity contribution in [3.63, 3.8) is 0 Å². The Morgan fingerprint density at radius 2 is 0.659 bits per heavy atom. The molecule has 670 valence electrons. The van der Waals surface area contributed by atoms with Gasteiger partial charge in [0.15, 0.2) is 0 Å². The minimum Gasteiger partial charge on any atom is -0.508 e. The quantitative estimate of drug-likeness (QED) is 0.0626. The summed E-state index contributed by atoms with van der Waals surface area (Å²) < 4.78 is 39.0. The van der Waals surface area contributed by atoms with E-state index in [1.54, 1.807) is 36.9 Å². The maximum atomic E-state index is 9.39. The molecule has 21 aromatic rings. The second kappa shape index (κ2) is 42.3. The molecule has 135 heavy (non-hydrogen) atoms. The SMILES string of the molecule is CC(C)COc1ccc(-c2ccn3c(-c4ccccc4)cnc3c2)cc1.CC(C)Oc1ccc(-c2ccn3c(-c4ccnc(-c5ccnc(Cl)c5)c4)cnc3c2)cc1.CC(C)Oc1ccc(-c2ccn3c(-c4cncnc4)cnc3c2)cc1.Oc1ccc(-c2ccn3c(-c4ccccc4)cnc3c2)cc1.c1ccc(-c2cnc3cc(-c4ccc(OCCN5CCOCC5)cc4)ccn23)cc1. The molecule has 14 heterocycles. The Labute approximate surface area is 788 Å². The third-order valence-corrected chi connectivity index (χ3v) is 23.0. The van der Waals surface area contributed by atoms with Gasteiger partial charge in [0.2, 0.25) is 0 Å². The fourth-order valence-corrected chi connectivity index (χ4v) is 16.1. The summed E-state index contributed by atoms with van der Waals surface area (Å²) >= 11 is 6.05. The maximum absolute atomic E-state index is 9.39. The first kappa shape index (κ1) is 89.4. The molecule has 13 aromatic heterocycles. The molecular weight excluding hydrogens is 1700 g/mol.